The molecule has 1 aliphatic heterocycles. The van der Waals surface area contributed by atoms with Gasteiger partial charge in [0, 0.05) is 22.7 Å². The topological polar surface area (TPSA) is 3.24 Å². The van der Waals surface area contributed by atoms with Crippen LogP contribution in [-0.4, -0.2) is 6.04 Å². The second-order valence-electron chi connectivity index (χ2n) is 11.4. The molecule has 1 heterocycles. The van der Waals surface area contributed by atoms with Crippen LogP contribution in [0.3, 0.4) is 0 Å². The number of nitrogens with zero attached hydrogens (tertiary/aromatic N) is 1. The lowest BCUT2D eigenvalue weighted by Crippen LogP contribution is -2.28. The maximum Gasteiger partial charge on any atom is 0.0629 e. The Balaban J connectivity index is 1.20. The largest absolute Gasteiger partial charge is 0.333 e. The summed E-state index contributed by atoms with van der Waals surface area (Å²) in [5.41, 5.74) is 12.5. The average molecular weight is 538 g/mol. The van der Waals surface area contributed by atoms with Gasteiger partial charge in [-0.2, -0.15) is 0 Å². The van der Waals surface area contributed by atoms with Gasteiger partial charge in [0.15, 0.2) is 0 Å². The molecule has 0 aromatic heterocycles. The van der Waals surface area contributed by atoms with Crippen LogP contribution in [0.4, 0.5) is 11.4 Å². The molecule has 0 amide bonds. The van der Waals surface area contributed by atoms with E-state index in [0.717, 1.165) is 12.0 Å². The smallest absolute Gasteiger partial charge is 0.0629 e. The second-order valence-corrected chi connectivity index (χ2v) is 11.4. The Morgan fingerprint density at radius 1 is 0.619 bits per heavy atom. The van der Waals surface area contributed by atoms with Gasteiger partial charge in [-0.1, -0.05) is 128 Å². The van der Waals surface area contributed by atoms with E-state index >= 15 is 0 Å². The van der Waals surface area contributed by atoms with Crippen LogP contribution >= 0.6 is 0 Å². The molecule has 0 fully saturated rings. The van der Waals surface area contributed by atoms with Gasteiger partial charge < -0.3 is 4.90 Å². The van der Waals surface area contributed by atoms with Crippen LogP contribution in [0.1, 0.15) is 22.6 Å². The van der Waals surface area contributed by atoms with Gasteiger partial charge in [0.2, 0.25) is 0 Å². The van der Waals surface area contributed by atoms with E-state index in [-0.39, 0.29) is 6.04 Å². The van der Waals surface area contributed by atoms with Crippen molar-refractivity contribution in [3.63, 3.8) is 0 Å². The molecule has 0 bridgehead atoms. The molecular weight excluding hydrogens is 506 g/mol. The quantitative estimate of drug-likeness (QED) is 0.221. The van der Waals surface area contributed by atoms with Crippen LogP contribution in [0.5, 0.6) is 0 Å². The molecule has 2 aliphatic carbocycles. The number of hydrogen-bond donors (Lipinski definition) is 0. The predicted octanol–water partition coefficient (Wildman–Crippen LogP) is 10.6. The number of anilines is 2. The lowest BCUT2D eigenvalue weighted by Gasteiger charge is -2.29. The van der Waals surface area contributed by atoms with Gasteiger partial charge in [-0.05, 0) is 86.7 Å². The molecule has 200 valence electrons. The van der Waals surface area contributed by atoms with Gasteiger partial charge in [0.25, 0.3) is 0 Å². The van der Waals surface area contributed by atoms with E-state index in [1.165, 1.54) is 61.1 Å². The number of allylic oxidation sites excluding steroid dienone is 7. The van der Waals surface area contributed by atoms with E-state index in [4.69, 9.17) is 0 Å². The van der Waals surface area contributed by atoms with Crippen molar-refractivity contribution in [3.05, 3.63) is 175 Å². The van der Waals surface area contributed by atoms with Crippen LogP contribution < -0.4 is 4.90 Å². The first kappa shape index (κ1) is 24.6. The minimum Gasteiger partial charge on any atom is -0.333 e. The van der Waals surface area contributed by atoms with Crippen LogP contribution in [0.25, 0.3) is 38.6 Å². The van der Waals surface area contributed by atoms with Gasteiger partial charge in [0.05, 0.1) is 6.04 Å². The number of benzene rings is 5. The number of rotatable bonds is 3. The molecule has 8 rings (SSSR count). The average Bonchev–Trinajstić information content (AvgIpc) is 3.37. The maximum absolute atomic E-state index is 4.33. The van der Waals surface area contributed by atoms with Crippen molar-refractivity contribution in [1.29, 1.82) is 0 Å². The molecular formula is C41H31N. The lowest BCUT2D eigenvalue weighted by atomic mass is 9.89. The fourth-order valence-corrected chi connectivity index (χ4v) is 6.87. The second kappa shape index (κ2) is 10.0. The highest BCUT2D eigenvalue weighted by Crippen LogP contribution is 2.50. The summed E-state index contributed by atoms with van der Waals surface area (Å²) in [6, 6.07) is 38.4. The molecule has 42 heavy (non-hydrogen) atoms. The summed E-state index contributed by atoms with van der Waals surface area (Å²) in [5.74, 6) is 0.314. The third-order valence-electron chi connectivity index (χ3n) is 8.94. The molecule has 0 radical (unpaired) electrons. The Labute approximate surface area is 247 Å². The summed E-state index contributed by atoms with van der Waals surface area (Å²) < 4.78 is 0. The molecule has 5 aromatic carbocycles. The fourth-order valence-electron chi connectivity index (χ4n) is 6.87. The summed E-state index contributed by atoms with van der Waals surface area (Å²) in [6.07, 6.45) is 18.5. The zero-order chi connectivity index (χ0) is 28.0. The van der Waals surface area contributed by atoms with Gasteiger partial charge >= 0.3 is 0 Å². The zero-order valence-electron chi connectivity index (χ0n) is 23.4. The highest BCUT2D eigenvalue weighted by molar-refractivity contribution is 5.98. The molecule has 0 saturated heterocycles. The first-order valence-electron chi connectivity index (χ1n) is 14.8. The monoisotopic (exact) mass is 537 g/mol. The molecule has 0 spiro atoms. The minimum absolute atomic E-state index is 0.262. The van der Waals surface area contributed by atoms with E-state index in [1.54, 1.807) is 0 Å². The third kappa shape index (κ3) is 4.09. The van der Waals surface area contributed by atoms with Crippen LogP contribution in [0, 0.1) is 0 Å². The Kier molecular flexibility index (Phi) is 5.89. The highest BCUT2D eigenvalue weighted by atomic mass is 15.2. The normalized spacial score (nSPS) is 20.0. The van der Waals surface area contributed by atoms with E-state index in [9.17, 15) is 0 Å². The van der Waals surface area contributed by atoms with E-state index in [1.807, 2.05) is 0 Å². The Morgan fingerprint density at radius 3 is 2.31 bits per heavy atom. The Bertz CT molecular complexity index is 1990. The molecule has 2 unspecified atom stereocenters. The molecule has 1 heteroatoms. The minimum atomic E-state index is 0.262. The van der Waals surface area contributed by atoms with Crippen LogP contribution in [-0.2, 0) is 6.42 Å². The maximum atomic E-state index is 4.33. The zero-order valence-corrected chi connectivity index (χ0v) is 23.4. The van der Waals surface area contributed by atoms with Gasteiger partial charge in [-0.3, -0.25) is 0 Å². The first-order chi connectivity index (χ1) is 20.7. The van der Waals surface area contributed by atoms with Crippen molar-refractivity contribution in [3.8, 4) is 22.3 Å². The molecule has 3 aliphatic rings. The third-order valence-corrected chi connectivity index (χ3v) is 8.94. The van der Waals surface area contributed by atoms with Crippen molar-refractivity contribution in [2.75, 3.05) is 4.90 Å². The summed E-state index contributed by atoms with van der Waals surface area (Å²) in [4.78, 5) is 2.54. The standard InChI is InChI=1S/C41H31N/c1-28-11-3-2-4-12-30-21-22-33(26-37(28)30)31-15-9-16-32(25-31)34-23-24-41-38(27-34)36-18-7-8-19-40(36)42(41)39-20-10-14-29-13-5-6-17-35(29)39/h2-11,13-27,36,40H,1,12H2/b4-2-,11-3-. The van der Waals surface area contributed by atoms with Crippen molar-refractivity contribution < 1.29 is 0 Å². The molecule has 2 atom stereocenters. The van der Waals surface area contributed by atoms with Crippen molar-refractivity contribution >= 4 is 27.7 Å². The molecule has 5 aromatic rings. The molecule has 1 nitrogen and oxygen atoms in total. The highest BCUT2D eigenvalue weighted by Gasteiger charge is 2.38. The Hall–Kier alpha value is -5.14. The summed E-state index contributed by atoms with van der Waals surface area (Å²) in [6.45, 7) is 4.33. The van der Waals surface area contributed by atoms with E-state index in [2.05, 4.69) is 163 Å². The lowest BCUT2D eigenvalue weighted by molar-refractivity contribution is 0.746. The predicted molar refractivity (Wildman–Crippen MR) is 179 cm³/mol. The fraction of sp³-hybridized carbons (Fsp3) is 0.0732. The molecule has 0 saturated carbocycles. The van der Waals surface area contributed by atoms with Crippen molar-refractivity contribution in [2.45, 2.75) is 18.4 Å². The van der Waals surface area contributed by atoms with Gasteiger partial charge in [-0.15, -0.1) is 0 Å². The SMILES string of the molecule is C=C1/C=C\C=C/Cc2ccc(-c3cccc(-c4ccc5c(c4)C4C=CC=CC4N5c4cccc5ccccc45)c3)cc21. The summed E-state index contributed by atoms with van der Waals surface area (Å²) in [7, 11) is 0. The summed E-state index contributed by atoms with van der Waals surface area (Å²) >= 11 is 0. The molecule has 0 N–H and O–H groups in total. The van der Waals surface area contributed by atoms with Gasteiger partial charge in [0.1, 0.15) is 0 Å². The van der Waals surface area contributed by atoms with Crippen LogP contribution in [0.15, 0.2) is 158 Å². The van der Waals surface area contributed by atoms with Crippen LogP contribution in [0.2, 0.25) is 0 Å². The van der Waals surface area contributed by atoms with Crippen molar-refractivity contribution in [1.82, 2.24) is 0 Å². The van der Waals surface area contributed by atoms with Gasteiger partial charge in [-0.25, -0.2) is 0 Å². The van der Waals surface area contributed by atoms with Crippen molar-refractivity contribution in [2.24, 2.45) is 0 Å². The Morgan fingerprint density at radius 2 is 1.38 bits per heavy atom. The summed E-state index contributed by atoms with van der Waals surface area (Å²) in [5, 5.41) is 2.56. The number of fused-ring (bicyclic) bond motifs is 5. The van der Waals surface area contributed by atoms with E-state index in [0.29, 0.717) is 5.92 Å². The number of hydrogen-bond acceptors (Lipinski definition) is 1. The first-order valence-corrected chi connectivity index (χ1v) is 14.8. The van der Waals surface area contributed by atoms with E-state index < -0.39 is 0 Å².